The highest BCUT2D eigenvalue weighted by Gasteiger charge is 2.18. The van der Waals surface area contributed by atoms with Gasteiger partial charge in [0.05, 0.1) is 16.4 Å². The van der Waals surface area contributed by atoms with Crippen LogP contribution in [-0.2, 0) is 0 Å². The fourth-order valence-electron chi connectivity index (χ4n) is 1.70. The number of nitrogens with two attached hydrogens (primary N) is 1. The largest absolute Gasteiger partial charge is 0.397 e. The number of benzene rings is 1. The second-order valence-electron chi connectivity index (χ2n) is 4.46. The Morgan fingerprint density at radius 2 is 2.07 bits per heavy atom. The third-order valence-electron chi connectivity index (χ3n) is 2.38. The molecular weight excluding hydrogens is 208 g/mol. The van der Waals surface area contributed by atoms with Crippen LogP contribution in [0.15, 0.2) is 18.2 Å². The molecule has 0 atom stereocenters. The van der Waals surface area contributed by atoms with Gasteiger partial charge in [-0.15, -0.1) is 0 Å². The zero-order valence-electron chi connectivity index (χ0n) is 9.60. The van der Waals surface area contributed by atoms with E-state index in [4.69, 9.17) is 17.3 Å². The second-order valence-corrected chi connectivity index (χ2v) is 4.87. The summed E-state index contributed by atoms with van der Waals surface area (Å²) in [7, 11) is 0. The Labute approximate surface area is 96.8 Å². The fraction of sp³-hybridized carbons (Fsp3) is 0.500. The maximum atomic E-state index is 6.09. The Morgan fingerprint density at radius 1 is 1.40 bits per heavy atom. The Bertz CT molecular complexity index is 314. The van der Waals surface area contributed by atoms with E-state index in [0.717, 1.165) is 18.5 Å². The molecule has 2 nitrogen and oxygen atoms in total. The van der Waals surface area contributed by atoms with Crippen molar-refractivity contribution in [1.82, 2.24) is 0 Å². The molecule has 0 amide bonds. The van der Waals surface area contributed by atoms with Gasteiger partial charge >= 0.3 is 0 Å². The van der Waals surface area contributed by atoms with Gasteiger partial charge in [0.1, 0.15) is 0 Å². The van der Waals surface area contributed by atoms with E-state index >= 15 is 0 Å². The van der Waals surface area contributed by atoms with Gasteiger partial charge in [-0.1, -0.05) is 31.0 Å². The molecule has 0 saturated heterocycles. The quantitative estimate of drug-likeness (QED) is 0.764. The zero-order valence-corrected chi connectivity index (χ0v) is 10.4. The summed E-state index contributed by atoms with van der Waals surface area (Å²) in [5, 5.41) is 4.08. The molecule has 0 heterocycles. The molecule has 84 valence electrons. The molecule has 0 aliphatic rings. The summed E-state index contributed by atoms with van der Waals surface area (Å²) in [5.74, 6) is 0. The average molecular weight is 227 g/mol. The highest BCUT2D eigenvalue weighted by atomic mass is 35.5. The van der Waals surface area contributed by atoms with Crippen LogP contribution in [0.25, 0.3) is 0 Å². The number of para-hydroxylation sites is 1. The molecule has 1 rings (SSSR count). The van der Waals surface area contributed by atoms with Crippen molar-refractivity contribution in [2.45, 2.75) is 39.2 Å². The van der Waals surface area contributed by atoms with Gasteiger partial charge in [0.15, 0.2) is 0 Å². The Balaban J connectivity index is 2.89. The fourth-order valence-corrected chi connectivity index (χ4v) is 1.93. The predicted molar refractivity (Wildman–Crippen MR) is 68.5 cm³/mol. The van der Waals surface area contributed by atoms with E-state index < -0.39 is 0 Å². The van der Waals surface area contributed by atoms with Crippen molar-refractivity contribution in [3.63, 3.8) is 0 Å². The van der Waals surface area contributed by atoms with Crippen molar-refractivity contribution in [2.24, 2.45) is 0 Å². The lowest BCUT2D eigenvalue weighted by Gasteiger charge is -2.28. The van der Waals surface area contributed by atoms with Crippen LogP contribution in [0.3, 0.4) is 0 Å². The number of hydrogen-bond donors (Lipinski definition) is 2. The number of halogens is 1. The molecule has 0 saturated carbocycles. The van der Waals surface area contributed by atoms with Gasteiger partial charge in [0.2, 0.25) is 0 Å². The van der Waals surface area contributed by atoms with Gasteiger partial charge in [-0.05, 0) is 32.4 Å². The highest BCUT2D eigenvalue weighted by molar-refractivity contribution is 6.33. The molecule has 0 aliphatic carbocycles. The molecule has 0 aliphatic heterocycles. The number of rotatable bonds is 4. The van der Waals surface area contributed by atoms with Gasteiger partial charge in [-0.3, -0.25) is 0 Å². The van der Waals surface area contributed by atoms with Crippen LogP contribution in [0.5, 0.6) is 0 Å². The van der Waals surface area contributed by atoms with Gasteiger partial charge in [-0.2, -0.15) is 0 Å². The third kappa shape index (κ3) is 3.31. The van der Waals surface area contributed by atoms with Crippen LogP contribution in [0.4, 0.5) is 11.4 Å². The summed E-state index contributed by atoms with van der Waals surface area (Å²) in [5.41, 5.74) is 7.45. The van der Waals surface area contributed by atoms with Crippen molar-refractivity contribution in [2.75, 3.05) is 11.1 Å². The van der Waals surface area contributed by atoms with Gasteiger partial charge in [-0.25, -0.2) is 0 Å². The molecule has 0 spiro atoms. The number of anilines is 2. The summed E-state index contributed by atoms with van der Waals surface area (Å²) in [4.78, 5) is 0. The molecule has 3 heteroatoms. The summed E-state index contributed by atoms with van der Waals surface area (Å²) in [6.45, 7) is 6.47. The van der Waals surface area contributed by atoms with E-state index in [1.807, 2.05) is 18.2 Å². The van der Waals surface area contributed by atoms with Crippen molar-refractivity contribution in [3.8, 4) is 0 Å². The minimum atomic E-state index is 0.0217. The Kier molecular flexibility index (Phi) is 3.86. The number of nitrogen functional groups attached to an aromatic ring is 1. The number of nitrogens with one attached hydrogen (secondary N) is 1. The molecular formula is C12H19ClN2. The van der Waals surface area contributed by atoms with Crippen molar-refractivity contribution >= 4 is 23.0 Å². The molecule has 1 aromatic carbocycles. The van der Waals surface area contributed by atoms with Crippen LogP contribution in [0.1, 0.15) is 33.6 Å². The van der Waals surface area contributed by atoms with Crippen LogP contribution >= 0.6 is 11.6 Å². The summed E-state index contributed by atoms with van der Waals surface area (Å²) in [6.07, 6.45) is 2.21. The SMILES string of the molecule is CCCC(C)(C)Nc1c(N)cccc1Cl. The van der Waals surface area contributed by atoms with Crippen molar-refractivity contribution < 1.29 is 0 Å². The predicted octanol–water partition coefficient (Wildman–Crippen LogP) is 3.91. The van der Waals surface area contributed by atoms with Crippen molar-refractivity contribution in [3.05, 3.63) is 23.2 Å². The average Bonchev–Trinajstić information content (AvgIpc) is 2.11. The lowest BCUT2D eigenvalue weighted by molar-refractivity contribution is 0.511. The molecule has 1 aromatic rings. The molecule has 3 N–H and O–H groups in total. The van der Waals surface area contributed by atoms with E-state index in [9.17, 15) is 0 Å². The van der Waals surface area contributed by atoms with E-state index in [1.54, 1.807) is 0 Å². The summed E-state index contributed by atoms with van der Waals surface area (Å²) >= 11 is 6.09. The molecule has 0 aromatic heterocycles. The van der Waals surface area contributed by atoms with Crippen LogP contribution < -0.4 is 11.1 Å². The maximum Gasteiger partial charge on any atom is 0.0767 e. The molecule has 0 fully saturated rings. The minimum Gasteiger partial charge on any atom is -0.397 e. The normalized spacial score (nSPS) is 11.5. The monoisotopic (exact) mass is 226 g/mol. The summed E-state index contributed by atoms with van der Waals surface area (Å²) in [6, 6.07) is 5.56. The first kappa shape index (κ1) is 12.2. The lowest BCUT2D eigenvalue weighted by atomic mass is 9.98. The highest BCUT2D eigenvalue weighted by Crippen LogP contribution is 2.31. The standard InChI is InChI=1S/C12H19ClN2/c1-4-8-12(2,3)15-11-9(13)6-5-7-10(11)14/h5-7,15H,4,8,14H2,1-3H3. The van der Waals surface area contributed by atoms with Crippen molar-refractivity contribution in [1.29, 1.82) is 0 Å². The smallest absolute Gasteiger partial charge is 0.0767 e. The van der Waals surface area contributed by atoms with Gasteiger partial charge in [0, 0.05) is 5.54 Å². The zero-order chi connectivity index (χ0) is 11.5. The Hall–Kier alpha value is -0.890. The first-order valence-corrected chi connectivity index (χ1v) is 5.66. The second kappa shape index (κ2) is 4.75. The maximum absolute atomic E-state index is 6.09. The third-order valence-corrected chi connectivity index (χ3v) is 2.70. The minimum absolute atomic E-state index is 0.0217. The molecule has 15 heavy (non-hydrogen) atoms. The molecule has 0 unspecified atom stereocenters. The van der Waals surface area contributed by atoms with E-state index in [0.29, 0.717) is 10.7 Å². The van der Waals surface area contributed by atoms with E-state index in [-0.39, 0.29) is 5.54 Å². The lowest BCUT2D eigenvalue weighted by Crippen LogP contribution is -2.31. The Morgan fingerprint density at radius 3 is 2.60 bits per heavy atom. The first-order valence-electron chi connectivity index (χ1n) is 5.28. The molecule has 0 radical (unpaired) electrons. The first-order chi connectivity index (χ1) is 6.96. The van der Waals surface area contributed by atoms with E-state index in [1.165, 1.54) is 0 Å². The van der Waals surface area contributed by atoms with Crippen LogP contribution in [0.2, 0.25) is 5.02 Å². The topological polar surface area (TPSA) is 38.0 Å². The van der Waals surface area contributed by atoms with Crippen LogP contribution in [-0.4, -0.2) is 5.54 Å². The van der Waals surface area contributed by atoms with Crippen LogP contribution in [0, 0.1) is 0 Å². The van der Waals surface area contributed by atoms with E-state index in [2.05, 4.69) is 26.1 Å². The number of hydrogen-bond acceptors (Lipinski definition) is 2. The summed E-state index contributed by atoms with van der Waals surface area (Å²) < 4.78 is 0. The van der Waals surface area contributed by atoms with Gasteiger partial charge in [0.25, 0.3) is 0 Å². The molecule has 0 bridgehead atoms. The van der Waals surface area contributed by atoms with Gasteiger partial charge < -0.3 is 11.1 Å².